The molecule has 1 rings (SSSR count). The molecule has 0 fully saturated rings. The number of carbonyl (C=O) groups excluding carboxylic acids is 1. The lowest BCUT2D eigenvalue weighted by Crippen LogP contribution is -2.22. The second-order valence-corrected chi connectivity index (χ2v) is 4.77. The van der Waals surface area contributed by atoms with Crippen LogP contribution in [0, 0.1) is 0 Å². The van der Waals surface area contributed by atoms with E-state index in [-0.39, 0.29) is 5.91 Å². The zero-order valence-electron chi connectivity index (χ0n) is 7.79. The molecular formula is C9H13NOS2. The van der Waals surface area contributed by atoms with Gasteiger partial charge in [-0.05, 0) is 24.8 Å². The fraction of sp³-hybridized carbons (Fsp3) is 0.444. The van der Waals surface area contributed by atoms with Crippen LogP contribution in [0.25, 0.3) is 0 Å². The highest BCUT2D eigenvalue weighted by Crippen LogP contribution is 2.24. The molecule has 1 aromatic heterocycles. The first-order valence-electron chi connectivity index (χ1n) is 4.20. The van der Waals surface area contributed by atoms with E-state index in [0.29, 0.717) is 0 Å². The van der Waals surface area contributed by atoms with Crippen LogP contribution >= 0.6 is 23.1 Å². The SMILES string of the molecule is CCCNC(=O)c1ccc(SC)s1. The lowest BCUT2D eigenvalue weighted by atomic mass is 10.4. The number of hydrogen-bond donors (Lipinski definition) is 1. The highest BCUT2D eigenvalue weighted by atomic mass is 32.2. The van der Waals surface area contributed by atoms with Crippen molar-refractivity contribution < 1.29 is 4.79 Å². The number of thioether (sulfide) groups is 1. The van der Waals surface area contributed by atoms with E-state index in [9.17, 15) is 4.79 Å². The monoisotopic (exact) mass is 215 g/mol. The molecule has 0 unspecified atom stereocenters. The Morgan fingerprint density at radius 3 is 2.92 bits per heavy atom. The third kappa shape index (κ3) is 3.04. The minimum absolute atomic E-state index is 0.0483. The quantitative estimate of drug-likeness (QED) is 0.782. The van der Waals surface area contributed by atoms with Crippen LogP contribution in [-0.2, 0) is 0 Å². The van der Waals surface area contributed by atoms with E-state index in [4.69, 9.17) is 0 Å². The van der Waals surface area contributed by atoms with Gasteiger partial charge in [-0.3, -0.25) is 4.79 Å². The summed E-state index contributed by atoms with van der Waals surface area (Å²) in [6.07, 6.45) is 2.99. The molecule has 2 nitrogen and oxygen atoms in total. The van der Waals surface area contributed by atoms with Crippen LogP contribution in [0.4, 0.5) is 0 Å². The summed E-state index contributed by atoms with van der Waals surface area (Å²) < 4.78 is 1.18. The first-order valence-corrected chi connectivity index (χ1v) is 6.24. The zero-order valence-corrected chi connectivity index (χ0v) is 9.43. The largest absolute Gasteiger partial charge is 0.351 e. The average Bonchev–Trinajstić information content (AvgIpc) is 2.62. The minimum atomic E-state index is 0.0483. The van der Waals surface area contributed by atoms with Crippen molar-refractivity contribution in [3.63, 3.8) is 0 Å². The molecule has 13 heavy (non-hydrogen) atoms. The van der Waals surface area contributed by atoms with Crippen molar-refractivity contribution in [2.45, 2.75) is 17.6 Å². The molecule has 1 amide bonds. The number of rotatable bonds is 4. The smallest absolute Gasteiger partial charge is 0.261 e. The van der Waals surface area contributed by atoms with Gasteiger partial charge in [-0.25, -0.2) is 0 Å². The van der Waals surface area contributed by atoms with Crippen molar-refractivity contribution in [2.75, 3.05) is 12.8 Å². The molecule has 0 radical (unpaired) electrons. The van der Waals surface area contributed by atoms with Gasteiger partial charge in [0.25, 0.3) is 5.91 Å². The van der Waals surface area contributed by atoms with E-state index in [1.807, 2.05) is 25.3 Å². The summed E-state index contributed by atoms with van der Waals surface area (Å²) in [5.41, 5.74) is 0. The molecule has 0 saturated carbocycles. The minimum Gasteiger partial charge on any atom is -0.351 e. The summed E-state index contributed by atoms with van der Waals surface area (Å²) in [5, 5.41) is 2.85. The Labute approximate surface area is 86.7 Å². The van der Waals surface area contributed by atoms with Crippen LogP contribution in [0.1, 0.15) is 23.0 Å². The Morgan fingerprint density at radius 1 is 1.62 bits per heavy atom. The number of thiophene rings is 1. The Kier molecular flexibility index (Phi) is 4.32. The van der Waals surface area contributed by atoms with Crippen LogP contribution < -0.4 is 5.32 Å². The van der Waals surface area contributed by atoms with E-state index in [1.54, 1.807) is 23.1 Å². The van der Waals surface area contributed by atoms with Gasteiger partial charge in [0.1, 0.15) is 0 Å². The second-order valence-electron chi connectivity index (χ2n) is 2.58. The molecule has 0 aliphatic heterocycles. The summed E-state index contributed by atoms with van der Waals surface area (Å²) in [5.74, 6) is 0.0483. The van der Waals surface area contributed by atoms with E-state index in [2.05, 4.69) is 5.32 Å². The molecule has 1 aromatic rings. The fourth-order valence-electron chi connectivity index (χ4n) is 0.878. The fourth-order valence-corrected chi connectivity index (χ4v) is 2.34. The Balaban J connectivity index is 2.55. The van der Waals surface area contributed by atoms with Gasteiger partial charge in [-0.15, -0.1) is 23.1 Å². The molecule has 4 heteroatoms. The van der Waals surface area contributed by atoms with Crippen LogP contribution in [-0.4, -0.2) is 18.7 Å². The van der Waals surface area contributed by atoms with Gasteiger partial charge in [0.05, 0.1) is 9.09 Å². The van der Waals surface area contributed by atoms with Crippen molar-refractivity contribution in [3.05, 3.63) is 17.0 Å². The van der Waals surface area contributed by atoms with E-state index in [0.717, 1.165) is 17.8 Å². The number of carbonyl (C=O) groups is 1. The second kappa shape index (κ2) is 5.29. The molecule has 0 saturated heterocycles. The van der Waals surface area contributed by atoms with E-state index in [1.165, 1.54) is 4.21 Å². The van der Waals surface area contributed by atoms with Gasteiger partial charge in [-0.2, -0.15) is 0 Å². The number of nitrogens with one attached hydrogen (secondary N) is 1. The summed E-state index contributed by atoms with van der Waals surface area (Å²) in [6.45, 7) is 2.80. The summed E-state index contributed by atoms with van der Waals surface area (Å²) >= 11 is 3.21. The van der Waals surface area contributed by atoms with Gasteiger partial charge in [0.15, 0.2) is 0 Å². The highest BCUT2D eigenvalue weighted by molar-refractivity contribution is 8.00. The first-order chi connectivity index (χ1) is 6.27. The summed E-state index contributed by atoms with van der Waals surface area (Å²) in [6, 6.07) is 3.86. The van der Waals surface area contributed by atoms with E-state index < -0.39 is 0 Å². The molecule has 0 aromatic carbocycles. The van der Waals surface area contributed by atoms with Gasteiger partial charge in [-0.1, -0.05) is 6.92 Å². The molecule has 0 spiro atoms. The molecule has 72 valence electrons. The zero-order chi connectivity index (χ0) is 9.68. The summed E-state index contributed by atoms with van der Waals surface area (Å²) in [7, 11) is 0. The number of hydrogen-bond acceptors (Lipinski definition) is 3. The van der Waals surface area contributed by atoms with Crippen LogP contribution in [0.5, 0.6) is 0 Å². The molecule has 0 aliphatic rings. The van der Waals surface area contributed by atoms with Crippen LogP contribution in [0.15, 0.2) is 16.3 Å². The highest BCUT2D eigenvalue weighted by Gasteiger charge is 2.06. The standard InChI is InChI=1S/C9H13NOS2/c1-3-6-10-9(11)7-4-5-8(12-2)13-7/h4-5H,3,6H2,1-2H3,(H,10,11). The first kappa shape index (κ1) is 10.6. The Morgan fingerprint density at radius 2 is 2.38 bits per heavy atom. The van der Waals surface area contributed by atoms with Gasteiger partial charge < -0.3 is 5.32 Å². The van der Waals surface area contributed by atoms with Crippen molar-refractivity contribution in [1.82, 2.24) is 5.32 Å². The third-order valence-corrected chi connectivity index (χ3v) is 3.71. The summed E-state index contributed by atoms with van der Waals surface area (Å²) in [4.78, 5) is 12.2. The molecule has 1 heterocycles. The molecule has 0 aliphatic carbocycles. The predicted octanol–water partition coefficient (Wildman–Crippen LogP) is 2.61. The lowest BCUT2D eigenvalue weighted by Gasteiger charge is -1.99. The Hall–Kier alpha value is -0.480. The lowest BCUT2D eigenvalue weighted by molar-refractivity contribution is 0.0957. The van der Waals surface area contributed by atoms with Gasteiger partial charge >= 0.3 is 0 Å². The van der Waals surface area contributed by atoms with Gasteiger partial charge in [0.2, 0.25) is 0 Å². The third-order valence-electron chi connectivity index (χ3n) is 1.54. The topological polar surface area (TPSA) is 29.1 Å². The number of amides is 1. The van der Waals surface area contributed by atoms with Gasteiger partial charge in [0, 0.05) is 6.54 Å². The molecule has 1 N–H and O–H groups in total. The van der Waals surface area contributed by atoms with Crippen LogP contribution in [0.2, 0.25) is 0 Å². The molecular weight excluding hydrogens is 202 g/mol. The maximum atomic E-state index is 11.4. The van der Waals surface area contributed by atoms with Crippen molar-refractivity contribution in [2.24, 2.45) is 0 Å². The molecule has 0 bridgehead atoms. The normalized spacial score (nSPS) is 10.0. The maximum absolute atomic E-state index is 11.4. The average molecular weight is 215 g/mol. The Bertz CT molecular complexity index is 283. The predicted molar refractivity (Wildman–Crippen MR) is 58.7 cm³/mol. The van der Waals surface area contributed by atoms with Crippen LogP contribution in [0.3, 0.4) is 0 Å². The van der Waals surface area contributed by atoms with E-state index >= 15 is 0 Å². The van der Waals surface area contributed by atoms with Crippen molar-refractivity contribution in [3.8, 4) is 0 Å². The van der Waals surface area contributed by atoms with Crippen molar-refractivity contribution >= 4 is 29.0 Å². The molecule has 0 atom stereocenters. The van der Waals surface area contributed by atoms with Crippen molar-refractivity contribution in [1.29, 1.82) is 0 Å². The maximum Gasteiger partial charge on any atom is 0.261 e.